The van der Waals surface area contributed by atoms with Crippen LogP contribution in [0, 0.1) is 0 Å². The highest BCUT2D eigenvalue weighted by Gasteiger charge is 2.29. The van der Waals surface area contributed by atoms with Crippen molar-refractivity contribution in [1.29, 1.82) is 0 Å². The maximum Gasteiger partial charge on any atom is 0.168 e. The number of benzene rings is 1. The Bertz CT molecular complexity index is 375. The van der Waals surface area contributed by atoms with Gasteiger partial charge in [0.1, 0.15) is 6.17 Å². The molecule has 0 spiro atoms. The Kier molecular flexibility index (Phi) is 3.01. The van der Waals surface area contributed by atoms with Crippen LogP contribution in [0.3, 0.4) is 0 Å². The number of nitrogens with one attached hydrogen (secondary N) is 3. The van der Waals surface area contributed by atoms with E-state index >= 15 is 0 Å². The van der Waals surface area contributed by atoms with Gasteiger partial charge in [0.05, 0.1) is 0 Å². The second kappa shape index (κ2) is 4.29. The number of hydrogen-bond acceptors (Lipinski definition) is 2. The van der Waals surface area contributed by atoms with Crippen molar-refractivity contribution >= 4 is 23.0 Å². The first kappa shape index (κ1) is 11.2. The molecule has 3 nitrogen and oxygen atoms in total. The van der Waals surface area contributed by atoms with Crippen molar-refractivity contribution in [3.05, 3.63) is 30.3 Å². The van der Waals surface area contributed by atoms with Crippen LogP contribution in [0.25, 0.3) is 0 Å². The zero-order chi connectivity index (χ0) is 11.6. The van der Waals surface area contributed by atoms with Crippen molar-refractivity contribution in [2.75, 3.05) is 5.32 Å². The maximum atomic E-state index is 5.19. The Morgan fingerprint density at radius 1 is 1.31 bits per heavy atom. The van der Waals surface area contributed by atoms with Crippen molar-refractivity contribution in [3.63, 3.8) is 0 Å². The SMILES string of the molecule is CC1(C)CC(Nc2ccccc2)NC(=S)N1. The first-order valence-electron chi connectivity index (χ1n) is 5.45. The lowest BCUT2D eigenvalue weighted by molar-refractivity contribution is 0.351. The van der Waals surface area contributed by atoms with Gasteiger partial charge in [0.15, 0.2) is 5.11 Å². The molecule has 4 heteroatoms. The van der Waals surface area contributed by atoms with Crippen LogP contribution in [0.1, 0.15) is 20.3 Å². The largest absolute Gasteiger partial charge is 0.365 e. The molecule has 86 valence electrons. The van der Waals surface area contributed by atoms with Crippen LogP contribution in [0.5, 0.6) is 0 Å². The predicted molar refractivity (Wildman–Crippen MR) is 71.4 cm³/mol. The summed E-state index contributed by atoms with van der Waals surface area (Å²) in [6.07, 6.45) is 1.16. The van der Waals surface area contributed by atoms with Gasteiger partial charge in [-0.05, 0) is 38.2 Å². The Morgan fingerprint density at radius 3 is 2.62 bits per heavy atom. The first-order chi connectivity index (χ1) is 7.55. The van der Waals surface area contributed by atoms with Gasteiger partial charge < -0.3 is 16.0 Å². The monoisotopic (exact) mass is 235 g/mol. The van der Waals surface area contributed by atoms with Gasteiger partial charge >= 0.3 is 0 Å². The number of rotatable bonds is 2. The van der Waals surface area contributed by atoms with E-state index in [1.807, 2.05) is 18.2 Å². The van der Waals surface area contributed by atoms with Gasteiger partial charge in [-0.15, -0.1) is 0 Å². The van der Waals surface area contributed by atoms with Crippen molar-refractivity contribution < 1.29 is 0 Å². The molecule has 0 bridgehead atoms. The maximum absolute atomic E-state index is 5.19. The Morgan fingerprint density at radius 2 is 2.00 bits per heavy atom. The molecule has 0 aromatic heterocycles. The van der Waals surface area contributed by atoms with E-state index in [2.05, 4.69) is 41.9 Å². The van der Waals surface area contributed by atoms with E-state index in [0.29, 0.717) is 5.11 Å². The van der Waals surface area contributed by atoms with Gasteiger partial charge in [-0.3, -0.25) is 0 Å². The zero-order valence-electron chi connectivity index (χ0n) is 9.58. The number of anilines is 1. The molecule has 0 amide bonds. The summed E-state index contributed by atoms with van der Waals surface area (Å²) in [5.74, 6) is 0. The van der Waals surface area contributed by atoms with Crippen molar-refractivity contribution in [1.82, 2.24) is 10.6 Å². The van der Waals surface area contributed by atoms with Crippen molar-refractivity contribution in [2.45, 2.75) is 32.0 Å². The molecule has 1 saturated heterocycles. The second-order valence-electron chi connectivity index (χ2n) is 4.75. The molecule has 1 atom stereocenters. The van der Waals surface area contributed by atoms with E-state index < -0.39 is 0 Å². The van der Waals surface area contributed by atoms with Crippen LogP contribution < -0.4 is 16.0 Å². The number of thiocarbonyl (C=S) groups is 1. The van der Waals surface area contributed by atoms with Gasteiger partial charge in [0, 0.05) is 17.6 Å². The number of para-hydroxylation sites is 1. The fourth-order valence-corrected chi connectivity index (χ4v) is 2.36. The predicted octanol–water partition coefficient (Wildman–Crippen LogP) is 2.07. The van der Waals surface area contributed by atoms with Gasteiger partial charge in [0.25, 0.3) is 0 Å². The van der Waals surface area contributed by atoms with Crippen LogP contribution in [0.2, 0.25) is 0 Å². The lowest BCUT2D eigenvalue weighted by atomic mass is 9.97. The summed E-state index contributed by atoms with van der Waals surface area (Å²) in [6, 6.07) is 10.2. The van der Waals surface area contributed by atoms with Crippen LogP contribution in [0.4, 0.5) is 5.69 Å². The topological polar surface area (TPSA) is 36.1 Å². The Balaban J connectivity index is 2.03. The highest BCUT2D eigenvalue weighted by molar-refractivity contribution is 7.80. The van der Waals surface area contributed by atoms with E-state index in [9.17, 15) is 0 Å². The summed E-state index contributed by atoms with van der Waals surface area (Å²) in [7, 11) is 0. The van der Waals surface area contributed by atoms with Crippen molar-refractivity contribution in [3.8, 4) is 0 Å². The molecule has 16 heavy (non-hydrogen) atoms. The summed E-state index contributed by atoms with van der Waals surface area (Å²) in [5, 5.41) is 10.6. The van der Waals surface area contributed by atoms with E-state index in [1.165, 1.54) is 0 Å². The van der Waals surface area contributed by atoms with Gasteiger partial charge in [0.2, 0.25) is 0 Å². The van der Waals surface area contributed by atoms with Gasteiger partial charge in [-0.1, -0.05) is 18.2 Å². The minimum Gasteiger partial charge on any atom is -0.365 e. The highest BCUT2D eigenvalue weighted by Crippen LogP contribution is 2.17. The smallest absolute Gasteiger partial charge is 0.168 e. The van der Waals surface area contributed by atoms with E-state index in [1.54, 1.807) is 0 Å². The lowest BCUT2D eigenvalue weighted by Gasteiger charge is -2.39. The standard InChI is InChI=1S/C12H17N3S/c1-12(2)8-10(14-11(16)15-12)13-9-6-4-3-5-7-9/h3-7,10,13H,8H2,1-2H3,(H2,14,15,16). The quantitative estimate of drug-likeness (QED) is 0.686. The fraction of sp³-hybridized carbons (Fsp3) is 0.417. The van der Waals surface area contributed by atoms with Crippen LogP contribution in [-0.2, 0) is 0 Å². The molecule has 1 unspecified atom stereocenters. The zero-order valence-corrected chi connectivity index (χ0v) is 10.4. The van der Waals surface area contributed by atoms with E-state index in [4.69, 9.17) is 12.2 Å². The number of hydrogen-bond donors (Lipinski definition) is 3. The molecule has 1 heterocycles. The summed E-state index contributed by atoms with van der Waals surface area (Å²) in [4.78, 5) is 0. The van der Waals surface area contributed by atoms with Crippen LogP contribution in [0.15, 0.2) is 30.3 Å². The minimum atomic E-state index is 0.0365. The lowest BCUT2D eigenvalue weighted by Crippen LogP contribution is -2.61. The molecular weight excluding hydrogens is 218 g/mol. The summed E-state index contributed by atoms with van der Waals surface area (Å²) in [6.45, 7) is 4.31. The third kappa shape index (κ3) is 2.85. The van der Waals surface area contributed by atoms with Crippen LogP contribution in [-0.4, -0.2) is 16.8 Å². The third-order valence-electron chi connectivity index (χ3n) is 2.59. The molecular formula is C12H17N3S. The highest BCUT2D eigenvalue weighted by atomic mass is 32.1. The molecule has 3 N–H and O–H groups in total. The third-order valence-corrected chi connectivity index (χ3v) is 2.81. The second-order valence-corrected chi connectivity index (χ2v) is 5.16. The molecule has 0 saturated carbocycles. The minimum absolute atomic E-state index is 0.0365. The molecule has 1 aliphatic heterocycles. The molecule has 0 aliphatic carbocycles. The molecule has 1 aromatic carbocycles. The van der Waals surface area contributed by atoms with Crippen LogP contribution >= 0.6 is 12.2 Å². The molecule has 1 aromatic rings. The normalized spacial score (nSPS) is 23.1. The summed E-state index contributed by atoms with van der Waals surface area (Å²) < 4.78 is 0. The van der Waals surface area contributed by atoms with Gasteiger partial charge in [-0.25, -0.2) is 0 Å². The average molecular weight is 235 g/mol. The van der Waals surface area contributed by atoms with E-state index in [-0.39, 0.29) is 11.7 Å². The summed E-state index contributed by atoms with van der Waals surface area (Å²) in [5.41, 5.74) is 1.15. The van der Waals surface area contributed by atoms with E-state index in [0.717, 1.165) is 12.1 Å². The Hall–Kier alpha value is -1.29. The molecule has 1 aliphatic rings. The fourth-order valence-electron chi connectivity index (χ4n) is 1.94. The summed E-state index contributed by atoms with van der Waals surface area (Å²) >= 11 is 5.19. The molecule has 2 rings (SSSR count). The average Bonchev–Trinajstić information content (AvgIpc) is 2.15. The first-order valence-corrected chi connectivity index (χ1v) is 5.86. The van der Waals surface area contributed by atoms with Gasteiger partial charge in [-0.2, -0.15) is 0 Å². The molecule has 0 radical (unpaired) electrons. The Labute approximate surface area is 102 Å². The van der Waals surface area contributed by atoms with Crippen molar-refractivity contribution in [2.24, 2.45) is 0 Å². The molecule has 1 fully saturated rings.